The van der Waals surface area contributed by atoms with Crippen LogP contribution in [0, 0.1) is 0 Å². The summed E-state index contributed by atoms with van der Waals surface area (Å²) in [6, 6.07) is 20.0. The van der Waals surface area contributed by atoms with Crippen molar-refractivity contribution >= 4 is 33.8 Å². The van der Waals surface area contributed by atoms with Gasteiger partial charge in [0.1, 0.15) is 0 Å². The summed E-state index contributed by atoms with van der Waals surface area (Å²) in [5.41, 5.74) is 3.13. The van der Waals surface area contributed by atoms with E-state index in [9.17, 15) is 4.79 Å². The van der Waals surface area contributed by atoms with E-state index < -0.39 is 0 Å². The smallest absolute Gasteiger partial charge is 0.172 e. The van der Waals surface area contributed by atoms with Crippen molar-refractivity contribution in [2.24, 2.45) is 0 Å². The molecule has 0 aliphatic carbocycles. The highest BCUT2D eigenvalue weighted by Gasteiger charge is 2.34. The second kappa shape index (κ2) is 7.74. The first-order chi connectivity index (χ1) is 13.2. The fourth-order valence-electron chi connectivity index (χ4n) is 4.14. The number of para-hydroxylation sites is 1. The van der Waals surface area contributed by atoms with E-state index in [-0.39, 0.29) is 11.7 Å². The van der Waals surface area contributed by atoms with Crippen molar-refractivity contribution in [1.82, 2.24) is 0 Å². The van der Waals surface area contributed by atoms with Crippen LogP contribution >= 0.6 is 11.6 Å². The van der Waals surface area contributed by atoms with Crippen molar-refractivity contribution in [3.63, 3.8) is 0 Å². The Hall–Kier alpha value is -2.32. The summed E-state index contributed by atoms with van der Waals surface area (Å²) in [4.78, 5) is 15.9. The fourth-order valence-corrected chi connectivity index (χ4v) is 4.37. The molecule has 0 N–H and O–H groups in total. The summed E-state index contributed by atoms with van der Waals surface area (Å²) in [5, 5.41) is 2.57. The summed E-state index contributed by atoms with van der Waals surface area (Å²) < 4.78 is 0. The van der Waals surface area contributed by atoms with Crippen LogP contribution in [0.1, 0.15) is 48.0 Å². The van der Waals surface area contributed by atoms with Crippen LogP contribution in [0.25, 0.3) is 10.8 Å². The first-order valence-corrected chi connectivity index (χ1v) is 10.1. The highest BCUT2D eigenvalue weighted by molar-refractivity contribution is 6.36. The summed E-state index contributed by atoms with van der Waals surface area (Å²) in [6.45, 7) is 3.99. The fraction of sp³-hybridized carbons (Fsp3) is 0.292. The minimum Gasteiger partial charge on any atom is -0.370 e. The molecule has 0 fully saturated rings. The molecule has 4 rings (SSSR count). The van der Waals surface area contributed by atoms with Crippen molar-refractivity contribution in [3.05, 3.63) is 76.8 Å². The highest BCUT2D eigenvalue weighted by atomic mass is 35.5. The molecule has 0 radical (unpaired) electrons. The van der Waals surface area contributed by atoms with Gasteiger partial charge in [0.15, 0.2) is 5.78 Å². The quantitative estimate of drug-likeness (QED) is 0.362. The van der Waals surface area contributed by atoms with E-state index >= 15 is 0 Å². The van der Waals surface area contributed by atoms with Gasteiger partial charge in [0.05, 0.1) is 5.92 Å². The van der Waals surface area contributed by atoms with Crippen LogP contribution in [0.3, 0.4) is 0 Å². The van der Waals surface area contributed by atoms with Gasteiger partial charge in [-0.1, -0.05) is 73.8 Å². The number of hydrogen-bond acceptors (Lipinski definition) is 2. The predicted molar refractivity (Wildman–Crippen MR) is 114 cm³/mol. The molecule has 0 saturated carbocycles. The lowest BCUT2D eigenvalue weighted by Crippen LogP contribution is -2.25. The van der Waals surface area contributed by atoms with E-state index in [1.54, 1.807) is 0 Å². The van der Waals surface area contributed by atoms with E-state index in [4.69, 9.17) is 11.6 Å². The zero-order valence-electron chi connectivity index (χ0n) is 15.6. The van der Waals surface area contributed by atoms with Gasteiger partial charge >= 0.3 is 0 Å². The van der Waals surface area contributed by atoms with Gasteiger partial charge in [-0.05, 0) is 35.6 Å². The number of nitrogens with zero attached hydrogens (tertiary/aromatic N) is 1. The van der Waals surface area contributed by atoms with Crippen molar-refractivity contribution in [2.45, 2.75) is 32.1 Å². The number of rotatable bonds is 6. The van der Waals surface area contributed by atoms with Gasteiger partial charge < -0.3 is 4.90 Å². The molecule has 27 heavy (non-hydrogen) atoms. The second-order valence-electron chi connectivity index (χ2n) is 7.27. The van der Waals surface area contributed by atoms with Crippen LogP contribution in [0.2, 0.25) is 5.02 Å². The maximum atomic E-state index is 13.5. The summed E-state index contributed by atoms with van der Waals surface area (Å²) in [7, 11) is 0. The number of fused-ring (bicyclic) bond motifs is 2. The number of carbonyl (C=O) groups is 1. The molecule has 3 heteroatoms. The molecule has 0 aromatic heterocycles. The Morgan fingerprint density at radius 1 is 1.00 bits per heavy atom. The summed E-state index contributed by atoms with van der Waals surface area (Å²) >= 11 is 6.35. The lowest BCUT2D eigenvalue weighted by atomic mass is 9.90. The van der Waals surface area contributed by atoms with Crippen LogP contribution in [-0.4, -0.2) is 18.9 Å². The van der Waals surface area contributed by atoms with Gasteiger partial charge in [-0.3, -0.25) is 4.79 Å². The Labute approximate surface area is 165 Å². The average Bonchev–Trinajstić information content (AvgIpc) is 3.07. The van der Waals surface area contributed by atoms with E-state index in [0.29, 0.717) is 5.02 Å². The van der Waals surface area contributed by atoms with Crippen LogP contribution in [0.15, 0.2) is 60.7 Å². The molecule has 0 saturated heterocycles. The van der Waals surface area contributed by atoms with Crippen LogP contribution in [-0.2, 0) is 0 Å². The molecule has 1 heterocycles. The average molecular weight is 378 g/mol. The Morgan fingerprint density at radius 2 is 1.74 bits per heavy atom. The molecule has 3 aromatic carbocycles. The Morgan fingerprint density at radius 3 is 2.56 bits per heavy atom. The number of anilines is 1. The van der Waals surface area contributed by atoms with Gasteiger partial charge in [-0.25, -0.2) is 0 Å². The lowest BCUT2D eigenvalue weighted by molar-refractivity contribution is 0.0966. The molecule has 0 bridgehead atoms. The number of benzene rings is 3. The first kappa shape index (κ1) is 18.1. The number of Topliss-reactive ketones (excluding diaryl/α,β-unsaturated/α-hetero) is 1. The number of carbonyl (C=O) groups excluding carboxylic acids is 1. The molecular weight excluding hydrogens is 354 g/mol. The monoisotopic (exact) mass is 377 g/mol. The third-order valence-electron chi connectivity index (χ3n) is 5.54. The molecule has 0 amide bonds. The first-order valence-electron chi connectivity index (χ1n) is 9.76. The van der Waals surface area contributed by atoms with Crippen molar-refractivity contribution in [1.29, 1.82) is 0 Å². The largest absolute Gasteiger partial charge is 0.370 e. The van der Waals surface area contributed by atoms with Crippen molar-refractivity contribution in [3.8, 4) is 0 Å². The van der Waals surface area contributed by atoms with Gasteiger partial charge in [0.2, 0.25) is 0 Å². The molecule has 1 aliphatic rings. The Balaban J connectivity index is 1.70. The SMILES string of the molecule is CCCCCN1C[C@@H](C(=O)c2ccc(Cl)c3ccccc23)c2ccccc21. The molecule has 1 aliphatic heterocycles. The van der Waals surface area contributed by atoms with Gasteiger partial charge in [0.25, 0.3) is 0 Å². The van der Waals surface area contributed by atoms with E-state index in [0.717, 1.165) is 41.4 Å². The maximum absolute atomic E-state index is 13.5. The molecule has 0 unspecified atom stereocenters. The van der Waals surface area contributed by atoms with E-state index in [1.807, 2.05) is 42.5 Å². The number of unbranched alkanes of at least 4 members (excludes halogenated alkanes) is 2. The predicted octanol–water partition coefficient (Wildman–Crippen LogP) is 6.47. The highest BCUT2D eigenvalue weighted by Crippen LogP contribution is 2.39. The van der Waals surface area contributed by atoms with Crippen LogP contribution in [0.5, 0.6) is 0 Å². The van der Waals surface area contributed by atoms with Crippen LogP contribution < -0.4 is 4.90 Å². The van der Waals surface area contributed by atoms with Crippen LogP contribution in [0.4, 0.5) is 5.69 Å². The number of hydrogen-bond donors (Lipinski definition) is 0. The normalized spacial score (nSPS) is 15.9. The Kier molecular flexibility index (Phi) is 5.18. The molecular formula is C24H24ClNO. The maximum Gasteiger partial charge on any atom is 0.172 e. The Bertz CT molecular complexity index is 981. The molecule has 138 valence electrons. The van der Waals surface area contributed by atoms with Gasteiger partial charge in [-0.15, -0.1) is 0 Å². The molecule has 2 nitrogen and oxygen atoms in total. The number of ketones is 1. The topological polar surface area (TPSA) is 20.3 Å². The number of halogens is 1. The molecule has 3 aromatic rings. The third kappa shape index (κ3) is 3.35. The molecule has 0 spiro atoms. The minimum atomic E-state index is -0.118. The summed E-state index contributed by atoms with van der Waals surface area (Å²) in [5.74, 6) is 0.0701. The molecule has 1 atom stereocenters. The zero-order valence-corrected chi connectivity index (χ0v) is 16.4. The zero-order chi connectivity index (χ0) is 18.8. The lowest BCUT2D eigenvalue weighted by Gasteiger charge is -2.19. The van der Waals surface area contributed by atoms with Crippen molar-refractivity contribution < 1.29 is 4.79 Å². The summed E-state index contributed by atoms with van der Waals surface area (Å²) in [6.07, 6.45) is 3.59. The van der Waals surface area contributed by atoms with Crippen molar-refractivity contribution in [2.75, 3.05) is 18.0 Å². The van der Waals surface area contributed by atoms with E-state index in [2.05, 4.69) is 30.0 Å². The van der Waals surface area contributed by atoms with Gasteiger partial charge in [-0.2, -0.15) is 0 Å². The van der Waals surface area contributed by atoms with E-state index in [1.165, 1.54) is 18.5 Å². The third-order valence-corrected chi connectivity index (χ3v) is 5.87. The second-order valence-corrected chi connectivity index (χ2v) is 7.68. The van der Waals surface area contributed by atoms with Gasteiger partial charge in [0, 0.05) is 34.7 Å². The minimum absolute atomic E-state index is 0.118. The standard InChI is InChI=1S/C24H24ClNO/c1-2-3-8-15-26-16-21(19-11-6-7-12-23(19)26)24(27)20-13-14-22(25)18-10-5-4-9-17(18)20/h4-7,9-14,21H,2-3,8,15-16H2,1H3/t21-/m1/s1.